The van der Waals surface area contributed by atoms with E-state index in [2.05, 4.69) is 34.8 Å². The summed E-state index contributed by atoms with van der Waals surface area (Å²) in [6.45, 7) is 4.80. The van der Waals surface area contributed by atoms with Crippen LogP contribution in [0.2, 0.25) is 0 Å². The number of hydrogen-bond donors (Lipinski definition) is 0. The fourth-order valence-electron chi connectivity index (χ4n) is 1.91. The molecular formula is C14H19BrN2O. The van der Waals surface area contributed by atoms with Crippen LogP contribution < -0.4 is 0 Å². The average Bonchev–Trinajstić information content (AvgIpc) is 3.19. The average molecular weight is 311 g/mol. The Hall–Kier alpha value is -0.900. The minimum atomic E-state index is -0.0882. The van der Waals surface area contributed by atoms with Gasteiger partial charge in [-0.3, -0.25) is 9.78 Å². The van der Waals surface area contributed by atoms with Gasteiger partial charge in [0.05, 0.1) is 4.83 Å². The lowest BCUT2D eigenvalue weighted by atomic mass is 10.1. The number of nitrogens with zero attached hydrogens (tertiary/aromatic N) is 2. The van der Waals surface area contributed by atoms with Gasteiger partial charge >= 0.3 is 0 Å². The predicted octanol–water partition coefficient (Wildman–Crippen LogP) is 2.99. The number of carbonyl (C=O) groups is 1. The first-order valence-corrected chi connectivity index (χ1v) is 7.34. The Kier molecular flexibility index (Phi) is 4.38. The van der Waals surface area contributed by atoms with Crippen molar-refractivity contribution >= 4 is 21.8 Å². The first-order valence-electron chi connectivity index (χ1n) is 6.43. The molecule has 98 valence electrons. The molecule has 3 nitrogen and oxygen atoms in total. The highest BCUT2D eigenvalue weighted by molar-refractivity contribution is 9.10. The summed E-state index contributed by atoms with van der Waals surface area (Å²) in [6, 6.07) is 4.37. The van der Waals surface area contributed by atoms with Crippen LogP contribution in [0.15, 0.2) is 24.5 Å². The molecule has 0 aliphatic heterocycles. The summed E-state index contributed by atoms with van der Waals surface area (Å²) in [4.78, 5) is 18.4. The first-order chi connectivity index (χ1) is 8.59. The standard InChI is InChI=1S/C14H19BrN2O/c1-10(2)13(15)14(18)17(12-5-6-12)9-11-4-3-7-16-8-11/h3-4,7-8,10,12-13H,5-6,9H2,1-2H3. The van der Waals surface area contributed by atoms with Gasteiger partial charge in [0, 0.05) is 25.0 Å². The van der Waals surface area contributed by atoms with Crippen LogP contribution >= 0.6 is 15.9 Å². The Bertz CT molecular complexity index is 404. The molecule has 2 rings (SSSR count). The summed E-state index contributed by atoms with van der Waals surface area (Å²) in [7, 11) is 0. The van der Waals surface area contributed by atoms with Crippen LogP contribution in [0.5, 0.6) is 0 Å². The third kappa shape index (κ3) is 3.31. The van der Waals surface area contributed by atoms with Gasteiger partial charge in [-0.1, -0.05) is 35.8 Å². The number of alkyl halides is 1. The van der Waals surface area contributed by atoms with Gasteiger partial charge in [-0.05, 0) is 30.4 Å². The zero-order valence-electron chi connectivity index (χ0n) is 10.8. The van der Waals surface area contributed by atoms with E-state index in [1.807, 2.05) is 23.2 Å². The minimum absolute atomic E-state index is 0.0882. The molecule has 1 fully saturated rings. The lowest BCUT2D eigenvalue weighted by Crippen LogP contribution is -2.39. The van der Waals surface area contributed by atoms with Crippen molar-refractivity contribution < 1.29 is 4.79 Å². The Morgan fingerprint density at radius 3 is 2.78 bits per heavy atom. The van der Waals surface area contributed by atoms with E-state index < -0.39 is 0 Å². The van der Waals surface area contributed by atoms with Crippen molar-refractivity contribution in [2.24, 2.45) is 5.92 Å². The second kappa shape index (κ2) is 5.83. The predicted molar refractivity (Wildman–Crippen MR) is 75.4 cm³/mol. The summed E-state index contributed by atoms with van der Waals surface area (Å²) in [5.74, 6) is 0.518. The molecule has 0 aromatic carbocycles. The quantitative estimate of drug-likeness (QED) is 0.783. The van der Waals surface area contributed by atoms with Gasteiger partial charge in [-0.25, -0.2) is 0 Å². The van der Waals surface area contributed by atoms with Crippen molar-refractivity contribution in [3.63, 3.8) is 0 Å². The number of halogens is 1. The molecule has 1 aromatic heterocycles. The molecule has 1 aliphatic rings. The van der Waals surface area contributed by atoms with E-state index in [1.165, 1.54) is 0 Å². The van der Waals surface area contributed by atoms with E-state index in [9.17, 15) is 4.79 Å². The van der Waals surface area contributed by atoms with Crippen LogP contribution in [0, 0.1) is 5.92 Å². The molecule has 0 bridgehead atoms. The highest BCUT2D eigenvalue weighted by atomic mass is 79.9. The largest absolute Gasteiger partial charge is 0.334 e. The van der Waals surface area contributed by atoms with Gasteiger partial charge in [0.25, 0.3) is 0 Å². The van der Waals surface area contributed by atoms with Gasteiger partial charge in [-0.2, -0.15) is 0 Å². The highest BCUT2D eigenvalue weighted by Crippen LogP contribution is 2.30. The molecule has 0 N–H and O–H groups in total. The lowest BCUT2D eigenvalue weighted by Gasteiger charge is -2.26. The Morgan fingerprint density at radius 1 is 1.56 bits per heavy atom. The Morgan fingerprint density at radius 2 is 2.28 bits per heavy atom. The molecule has 1 unspecified atom stereocenters. The topological polar surface area (TPSA) is 33.2 Å². The molecule has 1 atom stereocenters. The van der Waals surface area contributed by atoms with Crippen LogP contribution in [0.4, 0.5) is 0 Å². The third-order valence-corrected chi connectivity index (χ3v) is 4.62. The third-order valence-electron chi connectivity index (χ3n) is 3.17. The number of pyridine rings is 1. The fourth-order valence-corrected chi connectivity index (χ4v) is 2.17. The Balaban J connectivity index is 2.07. The van der Waals surface area contributed by atoms with Crippen molar-refractivity contribution in [3.05, 3.63) is 30.1 Å². The molecule has 0 radical (unpaired) electrons. The zero-order valence-corrected chi connectivity index (χ0v) is 12.4. The molecule has 1 aliphatic carbocycles. The van der Waals surface area contributed by atoms with E-state index in [1.54, 1.807) is 6.20 Å². The highest BCUT2D eigenvalue weighted by Gasteiger charge is 2.35. The van der Waals surface area contributed by atoms with E-state index in [-0.39, 0.29) is 10.7 Å². The van der Waals surface area contributed by atoms with Gasteiger partial charge in [-0.15, -0.1) is 0 Å². The van der Waals surface area contributed by atoms with Crippen molar-refractivity contribution in [1.29, 1.82) is 0 Å². The van der Waals surface area contributed by atoms with Crippen LogP contribution in [0.1, 0.15) is 32.3 Å². The lowest BCUT2D eigenvalue weighted by molar-refractivity contribution is -0.132. The SMILES string of the molecule is CC(C)C(Br)C(=O)N(Cc1cccnc1)C1CC1. The monoisotopic (exact) mass is 310 g/mol. The zero-order chi connectivity index (χ0) is 13.1. The van der Waals surface area contributed by atoms with Crippen LogP contribution in [-0.4, -0.2) is 26.7 Å². The van der Waals surface area contributed by atoms with Gasteiger partial charge in [0.15, 0.2) is 0 Å². The van der Waals surface area contributed by atoms with Crippen molar-refractivity contribution in [3.8, 4) is 0 Å². The molecule has 18 heavy (non-hydrogen) atoms. The molecule has 4 heteroatoms. The van der Waals surface area contributed by atoms with E-state index >= 15 is 0 Å². The van der Waals surface area contributed by atoms with Gasteiger partial charge < -0.3 is 4.90 Å². The van der Waals surface area contributed by atoms with E-state index in [4.69, 9.17) is 0 Å². The number of hydrogen-bond acceptors (Lipinski definition) is 2. The number of amides is 1. The van der Waals surface area contributed by atoms with Crippen molar-refractivity contribution in [1.82, 2.24) is 9.88 Å². The molecule has 1 aromatic rings. The van der Waals surface area contributed by atoms with Crippen molar-refractivity contribution in [2.75, 3.05) is 0 Å². The number of carbonyl (C=O) groups excluding carboxylic acids is 1. The van der Waals surface area contributed by atoms with Crippen LogP contribution in [0.3, 0.4) is 0 Å². The molecular weight excluding hydrogens is 292 g/mol. The molecule has 1 heterocycles. The maximum Gasteiger partial charge on any atom is 0.237 e. The normalized spacial score (nSPS) is 16.7. The van der Waals surface area contributed by atoms with Crippen LogP contribution in [0.25, 0.3) is 0 Å². The second-order valence-corrected chi connectivity index (χ2v) is 6.19. The summed E-state index contributed by atoms with van der Waals surface area (Å²) >= 11 is 3.51. The van der Waals surface area contributed by atoms with Crippen LogP contribution in [-0.2, 0) is 11.3 Å². The van der Waals surface area contributed by atoms with E-state index in [0.717, 1.165) is 18.4 Å². The molecule has 1 saturated carbocycles. The summed E-state index contributed by atoms with van der Waals surface area (Å²) in [6.07, 6.45) is 5.85. The van der Waals surface area contributed by atoms with Gasteiger partial charge in [0.1, 0.15) is 0 Å². The molecule has 0 saturated heterocycles. The molecule has 1 amide bonds. The number of aromatic nitrogens is 1. The number of rotatable bonds is 5. The maximum atomic E-state index is 12.4. The van der Waals surface area contributed by atoms with Gasteiger partial charge in [0.2, 0.25) is 5.91 Å². The maximum absolute atomic E-state index is 12.4. The summed E-state index contributed by atoms with van der Waals surface area (Å²) < 4.78 is 0. The minimum Gasteiger partial charge on any atom is -0.334 e. The fraction of sp³-hybridized carbons (Fsp3) is 0.571. The van der Waals surface area contributed by atoms with E-state index in [0.29, 0.717) is 18.5 Å². The second-order valence-electron chi connectivity index (χ2n) is 5.20. The summed E-state index contributed by atoms with van der Waals surface area (Å²) in [5.41, 5.74) is 1.10. The smallest absolute Gasteiger partial charge is 0.237 e. The summed E-state index contributed by atoms with van der Waals surface area (Å²) in [5, 5.41) is 0. The first kappa shape index (κ1) is 13.5. The van der Waals surface area contributed by atoms with Crippen molar-refractivity contribution in [2.45, 2.75) is 44.1 Å². The Labute approximate surface area is 117 Å². The molecule has 0 spiro atoms.